The summed E-state index contributed by atoms with van der Waals surface area (Å²) in [6, 6.07) is 0. The molecule has 2 unspecified atom stereocenters. The van der Waals surface area contributed by atoms with Crippen molar-refractivity contribution in [1.29, 1.82) is 0 Å². The average Bonchev–Trinajstić information content (AvgIpc) is 3.79. The lowest BCUT2D eigenvalue weighted by Gasteiger charge is -2.20. The zero-order chi connectivity index (χ0) is 36.1. The van der Waals surface area contributed by atoms with Crippen LogP contribution in [0, 0.1) is 11.8 Å². The third-order valence-electron chi connectivity index (χ3n) is 10.1. The zero-order valence-corrected chi connectivity index (χ0v) is 30.4. The van der Waals surface area contributed by atoms with E-state index in [1.54, 1.807) is 20.8 Å². The smallest absolute Gasteiger partial charge is 0.407 e. The number of fused-ring (bicyclic) bond motifs is 5. The summed E-state index contributed by atoms with van der Waals surface area (Å²) in [4.78, 5) is 40.3. The van der Waals surface area contributed by atoms with Crippen LogP contribution in [-0.2, 0) is 9.53 Å². The van der Waals surface area contributed by atoms with Gasteiger partial charge in [-0.05, 0) is 94.9 Å². The number of ether oxygens (including phenoxy) is 1. The molecule has 1 saturated heterocycles. The molecule has 0 saturated carbocycles. The Kier molecular flexibility index (Phi) is 9.33. The molecule has 8 bridgehead atoms. The normalized spacial score (nSPS) is 22.7. The second-order valence-electron chi connectivity index (χ2n) is 14.6. The van der Waals surface area contributed by atoms with E-state index >= 15 is 0 Å². The van der Waals surface area contributed by atoms with E-state index in [1.165, 1.54) is 0 Å². The number of carbonyl (C=O) groups is 2. The number of rotatable bonds is 8. The van der Waals surface area contributed by atoms with Gasteiger partial charge in [0.25, 0.3) is 0 Å². The fourth-order valence-electron chi connectivity index (χ4n) is 7.44. The number of aliphatic hydroxyl groups excluding tert-OH is 1. The highest BCUT2D eigenvalue weighted by atomic mass is 16.6. The summed E-state index contributed by atoms with van der Waals surface area (Å²) in [7, 11) is 0. The number of nitrogens with zero attached hydrogens (tertiary/aromatic N) is 3. The maximum absolute atomic E-state index is 13.0. The summed E-state index contributed by atoms with van der Waals surface area (Å²) in [6.45, 7) is 20.6. The number of aliphatic hydroxyl groups is 1. The Bertz CT molecular complexity index is 1950. The minimum absolute atomic E-state index is 0.0332. The summed E-state index contributed by atoms with van der Waals surface area (Å²) in [5.74, 6) is 0.206. The topological polar surface area (TPSA) is 137 Å². The van der Waals surface area contributed by atoms with E-state index in [0.29, 0.717) is 31.6 Å². The summed E-state index contributed by atoms with van der Waals surface area (Å²) in [5.41, 5.74) is 13.3. The minimum Gasteiger partial charge on any atom is -0.511 e. The lowest BCUT2D eigenvalue weighted by molar-refractivity contribution is -0.121. The summed E-state index contributed by atoms with van der Waals surface area (Å²) in [6.07, 6.45) is 9.59. The molecule has 4 N–H and O–H groups in total. The van der Waals surface area contributed by atoms with E-state index < -0.39 is 11.7 Å². The van der Waals surface area contributed by atoms with Crippen LogP contribution in [0.4, 0.5) is 4.79 Å². The van der Waals surface area contributed by atoms with Crippen molar-refractivity contribution in [2.24, 2.45) is 26.8 Å². The second kappa shape index (κ2) is 13.4. The molecule has 50 heavy (non-hydrogen) atoms. The van der Waals surface area contributed by atoms with E-state index in [1.807, 2.05) is 25.2 Å². The zero-order valence-electron chi connectivity index (χ0n) is 30.4. The molecule has 0 aromatic rings. The molecule has 262 valence electrons. The van der Waals surface area contributed by atoms with E-state index in [9.17, 15) is 14.7 Å². The summed E-state index contributed by atoms with van der Waals surface area (Å²) in [5, 5.41) is 20.7. The van der Waals surface area contributed by atoms with E-state index in [-0.39, 0.29) is 24.3 Å². The van der Waals surface area contributed by atoms with Crippen molar-refractivity contribution in [3.63, 3.8) is 0 Å². The van der Waals surface area contributed by atoms with Crippen molar-refractivity contribution in [2.45, 2.75) is 86.7 Å². The van der Waals surface area contributed by atoms with Gasteiger partial charge in [0.2, 0.25) is 5.91 Å². The Labute approximate surface area is 294 Å². The summed E-state index contributed by atoms with van der Waals surface area (Å²) >= 11 is 0. The SMILES string of the molecule is C=CC1=C(C)C2=NC1=CC1=NC(=CC3=C(C)C4=C(O)CC(=C5NC(=C2)C(C)C5CCC(=O)NCCNC(=O)OC(C)(C)C)C4=N3)C(CC)=C1C. The quantitative estimate of drug-likeness (QED) is 0.201. The highest BCUT2D eigenvalue weighted by Gasteiger charge is 2.41. The maximum atomic E-state index is 13.0. The van der Waals surface area contributed by atoms with Crippen molar-refractivity contribution < 1.29 is 19.4 Å². The van der Waals surface area contributed by atoms with Gasteiger partial charge in [0.15, 0.2) is 0 Å². The second-order valence-corrected chi connectivity index (χ2v) is 14.6. The van der Waals surface area contributed by atoms with Crippen LogP contribution in [0.3, 0.4) is 0 Å². The van der Waals surface area contributed by atoms with Gasteiger partial charge in [-0.25, -0.2) is 19.8 Å². The molecule has 2 amide bonds. The third-order valence-corrected chi connectivity index (χ3v) is 10.1. The number of alkyl carbamates (subject to hydrolysis) is 1. The van der Waals surface area contributed by atoms with Crippen LogP contribution in [0.1, 0.15) is 81.1 Å². The number of hydrogen-bond acceptors (Lipinski definition) is 8. The van der Waals surface area contributed by atoms with Crippen molar-refractivity contribution in [3.05, 3.63) is 104 Å². The van der Waals surface area contributed by atoms with E-state index in [4.69, 9.17) is 19.7 Å². The predicted molar refractivity (Wildman–Crippen MR) is 199 cm³/mol. The molecule has 2 atom stereocenters. The number of aliphatic imine (C=N–C) groups is 3. The monoisotopic (exact) mass is 676 g/mol. The lowest BCUT2D eigenvalue weighted by atomic mass is 9.86. The van der Waals surface area contributed by atoms with Gasteiger partial charge in [-0.2, -0.15) is 0 Å². The number of nitrogens with one attached hydrogen (secondary N) is 3. The molecular weight excluding hydrogens is 628 g/mol. The fourth-order valence-corrected chi connectivity index (χ4v) is 7.44. The first-order valence-electron chi connectivity index (χ1n) is 17.5. The molecule has 5 aliphatic heterocycles. The molecule has 0 spiro atoms. The van der Waals surface area contributed by atoms with Crippen LogP contribution in [0.2, 0.25) is 0 Å². The van der Waals surface area contributed by atoms with Gasteiger partial charge in [0, 0.05) is 65.9 Å². The molecule has 0 aromatic heterocycles. The standard InChI is InChI=1S/C40H48N6O4/c1-10-24-20(3)28-17-30-22(5)26(12-13-35(48)41-14-15-42-39(49)50-40(7,8)9)37(45-30)27-16-34(47)36-23(6)31(46-38(27)36)19-33-25(11-2)21(4)29(44-33)18-32(24)43-28/h10,17-19,22,26,45,47H,1,11-16H2,2-9H3,(H,41,48)(H,42,49). The third kappa shape index (κ3) is 6.51. The maximum Gasteiger partial charge on any atom is 0.407 e. The molecule has 6 rings (SSSR count). The molecule has 0 radical (unpaired) electrons. The number of carbonyl (C=O) groups excluding carboxylic acids is 2. The molecular formula is C40H48N6O4. The van der Waals surface area contributed by atoms with Gasteiger partial charge >= 0.3 is 6.09 Å². The van der Waals surface area contributed by atoms with Crippen LogP contribution in [0.15, 0.2) is 119 Å². The Balaban J connectivity index is 1.34. The Morgan fingerprint density at radius 3 is 2.42 bits per heavy atom. The first-order chi connectivity index (χ1) is 23.7. The van der Waals surface area contributed by atoms with Crippen LogP contribution < -0.4 is 16.0 Å². The van der Waals surface area contributed by atoms with Gasteiger partial charge in [-0.1, -0.05) is 26.5 Å². The Hall–Kier alpha value is -4.99. The molecule has 1 aliphatic carbocycles. The molecule has 10 heteroatoms. The molecule has 1 fully saturated rings. The van der Waals surface area contributed by atoms with Crippen molar-refractivity contribution in [3.8, 4) is 0 Å². The predicted octanol–water partition coefficient (Wildman–Crippen LogP) is 7.27. The molecule has 6 aliphatic rings. The first kappa shape index (κ1) is 34.9. The Morgan fingerprint density at radius 1 is 1.02 bits per heavy atom. The van der Waals surface area contributed by atoms with Gasteiger partial charge in [0.1, 0.15) is 11.4 Å². The van der Waals surface area contributed by atoms with Crippen LogP contribution in [0.5, 0.6) is 0 Å². The summed E-state index contributed by atoms with van der Waals surface area (Å²) < 4.78 is 5.27. The highest BCUT2D eigenvalue weighted by Crippen LogP contribution is 2.46. The van der Waals surface area contributed by atoms with Gasteiger partial charge in [-0.15, -0.1) is 0 Å². The average molecular weight is 677 g/mol. The van der Waals surface area contributed by atoms with Crippen LogP contribution in [-0.4, -0.2) is 52.9 Å². The van der Waals surface area contributed by atoms with Gasteiger partial charge in [0.05, 0.1) is 34.2 Å². The minimum atomic E-state index is -0.590. The number of hydrogen-bond donors (Lipinski definition) is 4. The number of amides is 2. The van der Waals surface area contributed by atoms with Gasteiger partial charge < -0.3 is 25.8 Å². The fraction of sp³-hybridized carbons (Fsp3) is 0.425. The molecule has 10 nitrogen and oxygen atoms in total. The molecule has 5 heterocycles. The highest BCUT2D eigenvalue weighted by molar-refractivity contribution is 6.21. The Morgan fingerprint density at radius 2 is 1.72 bits per heavy atom. The molecule has 0 aromatic carbocycles. The lowest BCUT2D eigenvalue weighted by Crippen LogP contribution is -2.37. The van der Waals surface area contributed by atoms with Gasteiger partial charge in [-0.3, -0.25) is 4.79 Å². The first-order valence-corrected chi connectivity index (χ1v) is 17.5. The van der Waals surface area contributed by atoms with Crippen molar-refractivity contribution in [2.75, 3.05) is 13.1 Å². The van der Waals surface area contributed by atoms with E-state index in [2.05, 4.69) is 56.3 Å². The van der Waals surface area contributed by atoms with Crippen molar-refractivity contribution in [1.82, 2.24) is 16.0 Å². The van der Waals surface area contributed by atoms with Crippen LogP contribution in [0.25, 0.3) is 0 Å². The van der Waals surface area contributed by atoms with Crippen molar-refractivity contribution >= 4 is 29.1 Å². The van der Waals surface area contributed by atoms with Crippen LogP contribution >= 0.6 is 0 Å². The largest absolute Gasteiger partial charge is 0.511 e. The number of allylic oxidation sites excluding steroid dienone is 12. The van der Waals surface area contributed by atoms with E-state index in [0.717, 1.165) is 91.1 Å².